The second-order valence-corrected chi connectivity index (χ2v) is 4.43. The molecule has 2 N–H and O–H groups in total. The minimum absolute atomic E-state index is 0.0256. The van der Waals surface area contributed by atoms with Gasteiger partial charge in [0.2, 0.25) is 0 Å². The lowest BCUT2D eigenvalue weighted by molar-refractivity contribution is -0.141. The summed E-state index contributed by atoms with van der Waals surface area (Å²) >= 11 is 0. The number of anilines is 1. The first-order valence-electron chi connectivity index (χ1n) is 5.48. The van der Waals surface area contributed by atoms with Gasteiger partial charge in [0, 0.05) is 6.07 Å². The molecule has 1 aliphatic rings. The van der Waals surface area contributed by atoms with Crippen molar-refractivity contribution in [2.75, 3.05) is 25.9 Å². The number of nitrogen functional groups attached to an aromatic ring is 1. The molecule has 1 aromatic heterocycles. The third kappa shape index (κ3) is 2.54. The SMILES string of the molecule is CN1CCC(n2nc(C(F)(F)F)cc2N)CC1. The molecule has 0 bridgehead atoms. The van der Waals surface area contributed by atoms with Gasteiger partial charge in [-0.1, -0.05) is 0 Å². The number of piperidine rings is 1. The molecule has 0 aromatic carbocycles. The lowest BCUT2D eigenvalue weighted by Gasteiger charge is -2.29. The van der Waals surface area contributed by atoms with Crippen molar-refractivity contribution in [2.45, 2.75) is 25.1 Å². The predicted molar refractivity (Wildman–Crippen MR) is 57.4 cm³/mol. The van der Waals surface area contributed by atoms with E-state index in [0.29, 0.717) is 0 Å². The molecule has 1 aliphatic heterocycles. The molecule has 17 heavy (non-hydrogen) atoms. The third-order valence-corrected chi connectivity index (χ3v) is 3.09. The standard InChI is InChI=1S/C10H15F3N4/c1-16-4-2-7(3-5-16)17-9(14)6-8(15-17)10(11,12)13/h6-7H,2-5,14H2,1H3. The fourth-order valence-electron chi connectivity index (χ4n) is 2.08. The third-order valence-electron chi connectivity index (χ3n) is 3.09. The lowest BCUT2D eigenvalue weighted by Crippen LogP contribution is -2.32. The summed E-state index contributed by atoms with van der Waals surface area (Å²) in [6.07, 6.45) is -2.87. The van der Waals surface area contributed by atoms with Crippen molar-refractivity contribution in [3.63, 3.8) is 0 Å². The Labute approximate surface area is 97.2 Å². The second kappa shape index (κ2) is 4.21. The first-order chi connectivity index (χ1) is 7.88. The van der Waals surface area contributed by atoms with Gasteiger partial charge in [0.1, 0.15) is 5.82 Å². The van der Waals surface area contributed by atoms with Crippen LogP contribution >= 0.6 is 0 Å². The number of rotatable bonds is 1. The maximum atomic E-state index is 12.5. The summed E-state index contributed by atoms with van der Waals surface area (Å²) in [5.74, 6) is 0.0897. The van der Waals surface area contributed by atoms with Crippen LogP contribution in [0.15, 0.2) is 6.07 Å². The van der Waals surface area contributed by atoms with E-state index in [9.17, 15) is 13.2 Å². The number of likely N-dealkylation sites (tertiary alicyclic amines) is 1. The molecular formula is C10H15F3N4. The molecule has 7 heteroatoms. The van der Waals surface area contributed by atoms with E-state index >= 15 is 0 Å². The number of halogens is 3. The molecule has 0 atom stereocenters. The Bertz CT molecular complexity index is 391. The average molecular weight is 248 g/mol. The molecule has 96 valence electrons. The summed E-state index contributed by atoms with van der Waals surface area (Å²) in [5.41, 5.74) is 4.68. The van der Waals surface area contributed by atoms with Gasteiger partial charge >= 0.3 is 6.18 Å². The molecule has 0 unspecified atom stereocenters. The molecule has 0 aliphatic carbocycles. The molecule has 1 fully saturated rings. The molecule has 2 rings (SSSR count). The van der Waals surface area contributed by atoms with Crippen LogP contribution in [0.25, 0.3) is 0 Å². The first kappa shape index (κ1) is 12.2. The Morgan fingerprint density at radius 1 is 1.35 bits per heavy atom. The van der Waals surface area contributed by atoms with E-state index in [1.54, 1.807) is 0 Å². The molecule has 1 saturated heterocycles. The molecule has 1 aromatic rings. The normalized spacial score (nSPS) is 19.8. The number of alkyl halides is 3. The summed E-state index contributed by atoms with van der Waals surface area (Å²) in [6.45, 7) is 1.70. The Balaban J connectivity index is 2.19. The van der Waals surface area contributed by atoms with Gasteiger partial charge in [-0.25, -0.2) is 4.68 Å². The summed E-state index contributed by atoms with van der Waals surface area (Å²) in [7, 11) is 1.99. The Hall–Kier alpha value is -1.24. The number of hydrogen-bond donors (Lipinski definition) is 1. The van der Waals surface area contributed by atoms with Crippen LogP contribution in [0.1, 0.15) is 24.6 Å². The minimum Gasteiger partial charge on any atom is -0.384 e. The zero-order chi connectivity index (χ0) is 12.6. The predicted octanol–water partition coefficient (Wildman–Crippen LogP) is 1.75. The van der Waals surface area contributed by atoms with Gasteiger partial charge in [0.25, 0.3) is 0 Å². The van der Waals surface area contributed by atoms with Crippen molar-refractivity contribution in [1.29, 1.82) is 0 Å². The van der Waals surface area contributed by atoms with Crippen LogP contribution in [-0.2, 0) is 6.18 Å². The molecule has 4 nitrogen and oxygen atoms in total. The highest BCUT2D eigenvalue weighted by Gasteiger charge is 2.35. The first-order valence-corrected chi connectivity index (χ1v) is 5.48. The summed E-state index contributed by atoms with van der Waals surface area (Å²) in [4.78, 5) is 2.14. The van der Waals surface area contributed by atoms with E-state index in [1.165, 1.54) is 4.68 Å². The van der Waals surface area contributed by atoms with E-state index in [2.05, 4.69) is 10.00 Å². The maximum Gasteiger partial charge on any atom is 0.435 e. The molecule has 2 heterocycles. The maximum absolute atomic E-state index is 12.5. The van der Waals surface area contributed by atoms with Crippen molar-refractivity contribution >= 4 is 5.82 Å². The lowest BCUT2D eigenvalue weighted by atomic mass is 10.1. The Morgan fingerprint density at radius 3 is 2.41 bits per heavy atom. The molecule has 0 saturated carbocycles. The number of nitrogens with zero attached hydrogens (tertiary/aromatic N) is 3. The Morgan fingerprint density at radius 2 is 1.94 bits per heavy atom. The van der Waals surface area contributed by atoms with Crippen molar-refractivity contribution in [3.8, 4) is 0 Å². The number of nitrogens with two attached hydrogens (primary N) is 1. The van der Waals surface area contributed by atoms with E-state index in [0.717, 1.165) is 32.0 Å². The van der Waals surface area contributed by atoms with Crippen molar-refractivity contribution in [2.24, 2.45) is 0 Å². The molecule has 0 spiro atoms. The largest absolute Gasteiger partial charge is 0.435 e. The number of aromatic nitrogens is 2. The average Bonchev–Trinajstić information content (AvgIpc) is 2.61. The van der Waals surface area contributed by atoms with Gasteiger partial charge in [-0.3, -0.25) is 0 Å². The Kier molecular flexibility index (Phi) is 3.03. The zero-order valence-electron chi connectivity index (χ0n) is 9.54. The highest BCUT2D eigenvalue weighted by Crippen LogP contribution is 2.32. The van der Waals surface area contributed by atoms with Gasteiger partial charge < -0.3 is 10.6 Å². The van der Waals surface area contributed by atoms with E-state index in [4.69, 9.17) is 5.73 Å². The topological polar surface area (TPSA) is 47.1 Å². The van der Waals surface area contributed by atoms with Gasteiger partial charge in [-0.15, -0.1) is 0 Å². The van der Waals surface area contributed by atoms with E-state index < -0.39 is 11.9 Å². The quantitative estimate of drug-likeness (QED) is 0.823. The van der Waals surface area contributed by atoms with Crippen LogP contribution in [0.2, 0.25) is 0 Å². The van der Waals surface area contributed by atoms with E-state index in [1.807, 2.05) is 7.05 Å². The van der Waals surface area contributed by atoms with Crippen molar-refractivity contribution in [3.05, 3.63) is 11.8 Å². The minimum atomic E-state index is -4.43. The summed E-state index contributed by atoms with van der Waals surface area (Å²) in [6, 6.07) is 0.875. The molecule has 0 radical (unpaired) electrons. The zero-order valence-corrected chi connectivity index (χ0v) is 9.54. The highest BCUT2D eigenvalue weighted by molar-refractivity contribution is 5.32. The van der Waals surface area contributed by atoms with Gasteiger partial charge in [0.05, 0.1) is 6.04 Å². The van der Waals surface area contributed by atoms with Crippen LogP contribution in [-0.4, -0.2) is 34.8 Å². The van der Waals surface area contributed by atoms with Crippen LogP contribution < -0.4 is 5.73 Å². The highest BCUT2D eigenvalue weighted by atomic mass is 19.4. The summed E-state index contributed by atoms with van der Waals surface area (Å²) in [5, 5.41) is 3.58. The van der Waals surface area contributed by atoms with Crippen LogP contribution in [0.4, 0.5) is 19.0 Å². The van der Waals surface area contributed by atoms with Crippen LogP contribution in [0.3, 0.4) is 0 Å². The van der Waals surface area contributed by atoms with Crippen LogP contribution in [0.5, 0.6) is 0 Å². The van der Waals surface area contributed by atoms with Gasteiger partial charge in [-0.05, 0) is 33.0 Å². The van der Waals surface area contributed by atoms with Gasteiger partial charge in [-0.2, -0.15) is 18.3 Å². The fourth-order valence-corrected chi connectivity index (χ4v) is 2.08. The van der Waals surface area contributed by atoms with E-state index in [-0.39, 0.29) is 11.9 Å². The van der Waals surface area contributed by atoms with Crippen LogP contribution in [0, 0.1) is 0 Å². The number of hydrogen-bond acceptors (Lipinski definition) is 3. The van der Waals surface area contributed by atoms with Gasteiger partial charge in [0.15, 0.2) is 5.69 Å². The fraction of sp³-hybridized carbons (Fsp3) is 0.700. The molecule has 0 amide bonds. The molecular weight excluding hydrogens is 233 g/mol. The summed E-state index contributed by atoms with van der Waals surface area (Å²) < 4.78 is 38.7. The second-order valence-electron chi connectivity index (χ2n) is 4.43. The monoisotopic (exact) mass is 248 g/mol. The van der Waals surface area contributed by atoms with Crippen molar-refractivity contribution in [1.82, 2.24) is 14.7 Å². The van der Waals surface area contributed by atoms with Crippen molar-refractivity contribution < 1.29 is 13.2 Å². The smallest absolute Gasteiger partial charge is 0.384 e.